The summed E-state index contributed by atoms with van der Waals surface area (Å²) in [4.78, 5) is 14.3. The van der Waals surface area contributed by atoms with Crippen molar-refractivity contribution in [2.24, 2.45) is 0 Å². The molecule has 1 N–H and O–H groups in total. The third kappa shape index (κ3) is 1.20. The summed E-state index contributed by atoms with van der Waals surface area (Å²) in [7, 11) is 0. The number of carboxylic acids is 1. The van der Waals surface area contributed by atoms with E-state index in [9.17, 15) is 4.79 Å². The van der Waals surface area contributed by atoms with Crippen LogP contribution in [-0.4, -0.2) is 21.2 Å². The van der Waals surface area contributed by atoms with E-state index in [1.807, 2.05) is 6.92 Å². The fourth-order valence-corrected chi connectivity index (χ4v) is 1.40. The number of hydrogen-bond acceptors (Lipinski definition) is 4. The van der Waals surface area contributed by atoms with Crippen LogP contribution in [-0.2, 0) is 5.41 Å². The topological polar surface area (TPSA) is 76.2 Å². The van der Waals surface area contributed by atoms with Crippen molar-refractivity contribution in [2.45, 2.75) is 31.6 Å². The number of carboxylic acid groups (broad SMARTS) is 1. The summed E-state index contributed by atoms with van der Waals surface area (Å²) in [6.07, 6.45) is 2.96. The molecule has 1 saturated carbocycles. The maximum absolute atomic E-state index is 10.5. The predicted molar refractivity (Wildman–Crippen MR) is 42.5 cm³/mol. The number of aromatic carboxylic acids is 1. The molecule has 0 bridgehead atoms. The van der Waals surface area contributed by atoms with Gasteiger partial charge >= 0.3 is 5.97 Å². The molecule has 0 aliphatic heterocycles. The molecule has 1 aliphatic rings. The van der Waals surface area contributed by atoms with E-state index >= 15 is 0 Å². The predicted octanol–water partition coefficient (Wildman–Crippen LogP) is 1.21. The Morgan fingerprint density at radius 1 is 1.69 bits per heavy atom. The second-order valence-electron chi connectivity index (χ2n) is 3.36. The van der Waals surface area contributed by atoms with Crippen molar-refractivity contribution < 1.29 is 14.4 Å². The molecule has 0 unspecified atom stereocenters. The molecule has 5 nitrogen and oxygen atoms in total. The lowest BCUT2D eigenvalue weighted by molar-refractivity contribution is 0.0680. The van der Waals surface area contributed by atoms with Gasteiger partial charge in [0.05, 0.1) is 0 Å². The van der Waals surface area contributed by atoms with Crippen LogP contribution >= 0.6 is 0 Å². The van der Waals surface area contributed by atoms with Crippen LogP contribution < -0.4 is 0 Å². The SMILES string of the molecule is CCC1(c2nc(C(=O)O)no2)CC1. The van der Waals surface area contributed by atoms with Crippen molar-refractivity contribution >= 4 is 5.97 Å². The van der Waals surface area contributed by atoms with Crippen LogP contribution in [0.15, 0.2) is 4.52 Å². The first-order chi connectivity index (χ1) is 6.18. The van der Waals surface area contributed by atoms with Crippen LogP contribution in [0.2, 0.25) is 0 Å². The Kier molecular flexibility index (Phi) is 1.61. The molecule has 0 amide bonds. The molecule has 5 heteroatoms. The molecular formula is C8H10N2O3. The Labute approximate surface area is 74.8 Å². The van der Waals surface area contributed by atoms with Crippen LogP contribution in [0.25, 0.3) is 0 Å². The highest BCUT2D eigenvalue weighted by Gasteiger charge is 2.47. The molecule has 0 spiro atoms. The average Bonchev–Trinajstić information content (AvgIpc) is 2.75. The van der Waals surface area contributed by atoms with Gasteiger partial charge in [-0.15, -0.1) is 0 Å². The van der Waals surface area contributed by atoms with Gasteiger partial charge in [0, 0.05) is 5.41 Å². The zero-order valence-corrected chi connectivity index (χ0v) is 7.28. The fourth-order valence-electron chi connectivity index (χ4n) is 1.40. The number of rotatable bonds is 3. The highest BCUT2D eigenvalue weighted by molar-refractivity contribution is 5.82. The van der Waals surface area contributed by atoms with E-state index in [0.717, 1.165) is 19.3 Å². The first-order valence-corrected chi connectivity index (χ1v) is 4.25. The van der Waals surface area contributed by atoms with Crippen molar-refractivity contribution in [1.29, 1.82) is 0 Å². The van der Waals surface area contributed by atoms with Gasteiger partial charge in [-0.05, 0) is 24.4 Å². The van der Waals surface area contributed by atoms with E-state index in [0.29, 0.717) is 5.89 Å². The lowest BCUT2D eigenvalue weighted by atomic mass is 10.0. The van der Waals surface area contributed by atoms with Gasteiger partial charge in [-0.3, -0.25) is 0 Å². The molecule has 0 radical (unpaired) electrons. The minimum absolute atomic E-state index is 0.0132. The van der Waals surface area contributed by atoms with Crippen molar-refractivity contribution in [3.8, 4) is 0 Å². The monoisotopic (exact) mass is 182 g/mol. The van der Waals surface area contributed by atoms with Crippen molar-refractivity contribution in [3.05, 3.63) is 11.7 Å². The third-order valence-corrected chi connectivity index (χ3v) is 2.60. The van der Waals surface area contributed by atoms with Gasteiger partial charge < -0.3 is 9.63 Å². The van der Waals surface area contributed by atoms with Gasteiger partial charge in [0.25, 0.3) is 5.82 Å². The van der Waals surface area contributed by atoms with Gasteiger partial charge in [0.2, 0.25) is 5.89 Å². The molecule has 0 atom stereocenters. The van der Waals surface area contributed by atoms with Gasteiger partial charge in [-0.1, -0.05) is 6.92 Å². The quantitative estimate of drug-likeness (QED) is 0.760. The molecule has 2 rings (SSSR count). The smallest absolute Gasteiger partial charge is 0.377 e. The van der Waals surface area contributed by atoms with Gasteiger partial charge in [0.15, 0.2) is 0 Å². The minimum atomic E-state index is -1.14. The molecular weight excluding hydrogens is 172 g/mol. The maximum atomic E-state index is 10.5. The van der Waals surface area contributed by atoms with Crippen molar-refractivity contribution in [2.75, 3.05) is 0 Å². The summed E-state index contributed by atoms with van der Waals surface area (Å²) in [5.74, 6) is -0.899. The minimum Gasteiger partial charge on any atom is -0.475 e. The highest BCUT2D eigenvalue weighted by Crippen LogP contribution is 2.49. The summed E-state index contributed by atoms with van der Waals surface area (Å²) < 4.78 is 4.90. The first kappa shape index (κ1) is 8.22. The lowest BCUT2D eigenvalue weighted by Crippen LogP contribution is -2.06. The molecule has 0 saturated heterocycles. The molecule has 0 aromatic carbocycles. The Morgan fingerprint density at radius 2 is 2.38 bits per heavy atom. The number of carbonyl (C=O) groups is 1. The molecule has 1 aromatic heterocycles. The molecule has 1 heterocycles. The average molecular weight is 182 g/mol. The normalized spacial score (nSPS) is 18.5. The zero-order chi connectivity index (χ0) is 9.47. The van der Waals surface area contributed by atoms with E-state index in [1.54, 1.807) is 0 Å². The largest absolute Gasteiger partial charge is 0.475 e. The van der Waals surface area contributed by atoms with Crippen molar-refractivity contribution in [1.82, 2.24) is 10.1 Å². The van der Waals surface area contributed by atoms with Crippen LogP contribution in [0.1, 0.15) is 42.7 Å². The zero-order valence-electron chi connectivity index (χ0n) is 7.28. The van der Waals surface area contributed by atoms with Crippen LogP contribution in [0.5, 0.6) is 0 Å². The standard InChI is InChI=1S/C8H10N2O3/c1-2-8(3-4-8)7-9-5(6(11)12)10-13-7/h2-4H2,1H3,(H,11,12). The molecule has 1 aliphatic carbocycles. The van der Waals surface area contributed by atoms with Gasteiger partial charge in [0.1, 0.15) is 0 Å². The van der Waals surface area contributed by atoms with Crippen LogP contribution in [0.3, 0.4) is 0 Å². The Bertz CT molecular complexity index is 341. The Balaban J connectivity index is 2.28. The van der Waals surface area contributed by atoms with E-state index in [1.165, 1.54) is 0 Å². The van der Waals surface area contributed by atoms with Gasteiger partial charge in [-0.25, -0.2) is 4.79 Å². The van der Waals surface area contributed by atoms with Crippen LogP contribution in [0.4, 0.5) is 0 Å². The second-order valence-corrected chi connectivity index (χ2v) is 3.36. The molecule has 70 valence electrons. The lowest BCUT2D eigenvalue weighted by Gasteiger charge is -2.02. The first-order valence-electron chi connectivity index (χ1n) is 4.25. The molecule has 13 heavy (non-hydrogen) atoms. The third-order valence-electron chi connectivity index (χ3n) is 2.60. The fraction of sp³-hybridized carbons (Fsp3) is 0.625. The molecule has 1 fully saturated rings. The second kappa shape index (κ2) is 2.55. The summed E-state index contributed by atoms with van der Waals surface area (Å²) in [5.41, 5.74) is -0.0132. The summed E-state index contributed by atoms with van der Waals surface area (Å²) >= 11 is 0. The summed E-state index contributed by atoms with van der Waals surface area (Å²) in [5, 5.41) is 12.0. The maximum Gasteiger partial charge on any atom is 0.377 e. The molecule has 1 aromatic rings. The van der Waals surface area contributed by atoms with E-state index in [2.05, 4.69) is 10.1 Å². The van der Waals surface area contributed by atoms with Crippen LogP contribution in [0, 0.1) is 0 Å². The Hall–Kier alpha value is -1.39. The number of hydrogen-bond donors (Lipinski definition) is 1. The van der Waals surface area contributed by atoms with Crippen molar-refractivity contribution in [3.63, 3.8) is 0 Å². The van der Waals surface area contributed by atoms with E-state index in [4.69, 9.17) is 9.63 Å². The number of aromatic nitrogens is 2. The highest BCUT2D eigenvalue weighted by atomic mass is 16.5. The van der Waals surface area contributed by atoms with Gasteiger partial charge in [-0.2, -0.15) is 4.98 Å². The summed E-state index contributed by atoms with van der Waals surface area (Å²) in [6, 6.07) is 0. The van der Waals surface area contributed by atoms with E-state index in [-0.39, 0.29) is 11.2 Å². The Morgan fingerprint density at radius 3 is 2.77 bits per heavy atom. The number of nitrogens with zero attached hydrogens (tertiary/aromatic N) is 2. The summed E-state index contributed by atoms with van der Waals surface area (Å²) in [6.45, 7) is 2.04. The van der Waals surface area contributed by atoms with E-state index < -0.39 is 5.97 Å².